The monoisotopic (exact) mass is 584 g/mol. The molecule has 42 heavy (non-hydrogen) atoms. The van der Waals surface area contributed by atoms with E-state index in [4.69, 9.17) is 14.2 Å². The Balaban J connectivity index is 1.48. The number of amides is 1. The van der Waals surface area contributed by atoms with Gasteiger partial charge in [-0.1, -0.05) is 30.3 Å². The van der Waals surface area contributed by atoms with E-state index in [-0.39, 0.29) is 54.8 Å². The number of esters is 1. The summed E-state index contributed by atoms with van der Waals surface area (Å²) < 4.78 is 48.6. The Kier molecular flexibility index (Phi) is 8.23. The highest BCUT2D eigenvalue weighted by molar-refractivity contribution is 5.95. The summed E-state index contributed by atoms with van der Waals surface area (Å²) in [6.07, 6.45) is 2.50. The number of hydrogen-bond acceptors (Lipinski definition) is 7. The lowest BCUT2D eigenvalue weighted by Crippen LogP contribution is -2.42. The van der Waals surface area contributed by atoms with Crippen LogP contribution in [0.5, 0.6) is 5.75 Å². The minimum absolute atomic E-state index is 0.0292. The Morgan fingerprint density at radius 1 is 1.12 bits per heavy atom. The second kappa shape index (κ2) is 11.7. The van der Waals surface area contributed by atoms with E-state index in [1.807, 2.05) is 6.07 Å². The zero-order valence-corrected chi connectivity index (χ0v) is 23.8. The van der Waals surface area contributed by atoms with Gasteiger partial charge in [-0.25, -0.2) is 14.0 Å². The van der Waals surface area contributed by atoms with Crippen LogP contribution in [0.4, 0.5) is 13.6 Å². The first-order chi connectivity index (χ1) is 20.0. The molecular formula is C31H34F2N2O7. The van der Waals surface area contributed by atoms with Crippen molar-refractivity contribution in [2.45, 2.75) is 64.3 Å². The number of aromatic nitrogens is 1. The van der Waals surface area contributed by atoms with Gasteiger partial charge in [0.1, 0.15) is 24.4 Å². The second-order valence-electron chi connectivity index (χ2n) is 11.9. The van der Waals surface area contributed by atoms with Crippen LogP contribution in [-0.2, 0) is 16.1 Å². The van der Waals surface area contributed by atoms with Crippen molar-refractivity contribution in [1.29, 1.82) is 0 Å². The summed E-state index contributed by atoms with van der Waals surface area (Å²) in [6, 6.07) is 8.98. The molecule has 2 aliphatic rings. The van der Waals surface area contributed by atoms with E-state index in [1.165, 1.54) is 11.1 Å². The van der Waals surface area contributed by atoms with Gasteiger partial charge >= 0.3 is 12.1 Å². The quantitative estimate of drug-likeness (QED) is 0.373. The third-order valence-electron chi connectivity index (χ3n) is 7.35. The van der Waals surface area contributed by atoms with Crippen LogP contribution in [0.15, 0.2) is 47.4 Å². The molecule has 2 fully saturated rings. The third-order valence-corrected chi connectivity index (χ3v) is 7.35. The van der Waals surface area contributed by atoms with E-state index in [1.54, 1.807) is 49.6 Å². The molecule has 1 unspecified atom stereocenters. The first kappa shape index (κ1) is 29.5. The molecule has 0 radical (unpaired) electrons. The molecular weight excluding hydrogens is 550 g/mol. The summed E-state index contributed by atoms with van der Waals surface area (Å²) >= 11 is 0. The van der Waals surface area contributed by atoms with Gasteiger partial charge in [0, 0.05) is 31.3 Å². The fourth-order valence-corrected chi connectivity index (χ4v) is 5.18. The predicted molar refractivity (Wildman–Crippen MR) is 149 cm³/mol. The Labute approximate surface area is 241 Å². The van der Waals surface area contributed by atoms with Crippen LogP contribution >= 0.6 is 0 Å². The standard InChI is InChI=1S/C31H34F2N2O7/c1-31(2,3)42-30(39)35-13-19(15-36)11-21(35)17-40-28-25(33)24(32)12-22-26(28)34(20-9-10-20)14-23(27(22)37)29(38)41-16-18-7-5-4-6-8-18/h4-8,12,14,19-21,36H,9-11,13,15-17H2,1-3H3/t19?,21-/m0/s1. The molecule has 1 N–H and O–H groups in total. The van der Waals surface area contributed by atoms with E-state index < -0.39 is 46.5 Å². The largest absolute Gasteiger partial charge is 0.486 e. The summed E-state index contributed by atoms with van der Waals surface area (Å²) in [5, 5.41) is 9.51. The zero-order chi connectivity index (χ0) is 30.2. The first-order valence-electron chi connectivity index (χ1n) is 14.0. The second-order valence-corrected chi connectivity index (χ2v) is 11.9. The average molecular weight is 585 g/mol. The van der Waals surface area contributed by atoms with Crippen LogP contribution in [0.3, 0.4) is 0 Å². The highest BCUT2D eigenvalue weighted by Gasteiger charge is 2.38. The lowest BCUT2D eigenvalue weighted by Gasteiger charge is -2.28. The maximum absolute atomic E-state index is 15.3. The van der Waals surface area contributed by atoms with Gasteiger partial charge < -0.3 is 28.8 Å². The Hall–Kier alpha value is -3.99. The van der Waals surface area contributed by atoms with Crippen molar-refractivity contribution in [3.8, 4) is 5.75 Å². The van der Waals surface area contributed by atoms with Gasteiger partial charge in [-0.05, 0) is 51.7 Å². The van der Waals surface area contributed by atoms with Crippen molar-refractivity contribution in [2.24, 2.45) is 5.92 Å². The van der Waals surface area contributed by atoms with Crippen LogP contribution in [0.1, 0.15) is 62.0 Å². The summed E-state index contributed by atoms with van der Waals surface area (Å²) in [4.78, 5) is 40.7. The molecule has 1 aliphatic carbocycles. The molecule has 2 heterocycles. The average Bonchev–Trinajstić information content (AvgIpc) is 3.71. The van der Waals surface area contributed by atoms with Crippen LogP contribution in [-0.4, -0.2) is 58.0 Å². The first-order valence-corrected chi connectivity index (χ1v) is 14.0. The zero-order valence-electron chi connectivity index (χ0n) is 23.8. The number of benzene rings is 2. The van der Waals surface area contributed by atoms with Crippen molar-refractivity contribution in [3.63, 3.8) is 0 Å². The van der Waals surface area contributed by atoms with Crippen LogP contribution in [0.2, 0.25) is 0 Å². The van der Waals surface area contributed by atoms with Crippen LogP contribution in [0.25, 0.3) is 10.9 Å². The molecule has 3 aromatic rings. The lowest BCUT2D eigenvalue weighted by atomic mass is 10.1. The van der Waals surface area contributed by atoms with Crippen molar-refractivity contribution < 1.29 is 37.7 Å². The van der Waals surface area contributed by atoms with Crippen molar-refractivity contribution in [1.82, 2.24) is 9.47 Å². The van der Waals surface area contributed by atoms with E-state index in [9.17, 15) is 23.9 Å². The molecule has 0 spiro atoms. The van der Waals surface area contributed by atoms with Gasteiger partial charge in [0.25, 0.3) is 0 Å². The van der Waals surface area contributed by atoms with Gasteiger partial charge in [0.15, 0.2) is 11.6 Å². The molecule has 1 amide bonds. The molecule has 11 heteroatoms. The number of nitrogens with zero attached hydrogens (tertiary/aromatic N) is 2. The molecule has 1 saturated heterocycles. The SMILES string of the molecule is CC(C)(C)OC(=O)N1CC(CO)C[C@H]1COc1c(F)c(F)cc2c(=O)c(C(=O)OCc3ccccc3)cn(C3CC3)c12. The minimum atomic E-state index is -1.31. The van der Waals surface area contributed by atoms with E-state index >= 15 is 4.39 Å². The van der Waals surface area contributed by atoms with Crippen molar-refractivity contribution in [3.05, 3.63) is 75.6 Å². The summed E-state index contributed by atoms with van der Waals surface area (Å²) in [7, 11) is 0. The number of aliphatic hydroxyl groups is 1. The van der Waals surface area contributed by atoms with Gasteiger partial charge in [0.05, 0.1) is 16.9 Å². The normalized spacial score (nSPS) is 18.8. The lowest BCUT2D eigenvalue weighted by molar-refractivity contribution is 0.0180. The van der Waals surface area contributed by atoms with Gasteiger partial charge in [0.2, 0.25) is 11.2 Å². The van der Waals surface area contributed by atoms with Crippen LogP contribution < -0.4 is 10.2 Å². The molecule has 5 rings (SSSR count). The number of halogens is 2. The van der Waals surface area contributed by atoms with Crippen molar-refractivity contribution in [2.75, 3.05) is 19.8 Å². The number of pyridine rings is 1. The maximum Gasteiger partial charge on any atom is 0.410 e. The number of rotatable bonds is 8. The number of ether oxygens (including phenoxy) is 3. The molecule has 9 nitrogen and oxygen atoms in total. The molecule has 224 valence electrons. The van der Waals surface area contributed by atoms with Crippen molar-refractivity contribution >= 4 is 23.0 Å². The molecule has 2 atom stereocenters. The van der Waals surface area contributed by atoms with Gasteiger partial charge in [-0.3, -0.25) is 4.79 Å². The Bertz CT molecular complexity index is 1550. The summed E-state index contributed by atoms with van der Waals surface area (Å²) in [5.41, 5.74) is -1.10. The van der Waals surface area contributed by atoms with E-state index in [0.717, 1.165) is 11.6 Å². The Morgan fingerprint density at radius 2 is 1.83 bits per heavy atom. The number of carbonyl (C=O) groups excluding carboxylic acids is 2. The summed E-state index contributed by atoms with van der Waals surface area (Å²) in [5.74, 6) is -4.18. The summed E-state index contributed by atoms with van der Waals surface area (Å²) in [6.45, 7) is 4.94. The Morgan fingerprint density at radius 3 is 2.48 bits per heavy atom. The fourth-order valence-electron chi connectivity index (χ4n) is 5.18. The van der Waals surface area contributed by atoms with Gasteiger partial charge in [-0.2, -0.15) is 4.39 Å². The highest BCUT2D eigenvalue weighted by Crippen LogP contribution is 2.41. The van der Waals surface area contributed by atoms with E-state index in [2.05, 4.69) is 0 Å². The van der Waals surface area contributed by atoms with E-state index in [0.29, 0.717) is 19.3 Å². The topological polar surface area (TPSA) is 107 Å². The number of aliphatic hydroxyl groups excluding tert-OH is 1. The molecule has 0 bridgehead atoms. The number of hydrogen-bond donors (Lipinski definition) is 1. The van der Waals surface area contributed by atoms with Crippen LogP contribution in [0, 0.1) is 17.6 Å². The smallest absolute Gasteiger partial charge is 0.410 e. The molecule has 1 aromatic heterocycles. The number of fused-ring (bicyclic) bond motifs is 1. The number of carbonyl (C=O) groups is 2. The highest BCUT2D eigenvalue weighted by atomic mass is 19.2. The fraction of sp³-hybridized carbons (Fsp3) is 0.452. The van der Waals surface area contributed by atoms with Gasteiger partial charge in [-0.15, -0.1) is 0 Å². The molecule has 2 aromatic carbocycles. The maximum atomic E-state index is 15.3. The predicted octanol–water partition coefficient (Wildman–Crippen LogP) is 4.97. The molecule has 1 aliphatic heterocycles. The molecule has 1 saturated carbocycles. The minimum Gasteiger partial charge on any atom is -0.486 e. The number of likely N-dealkylation sites (tertiary alicyclic amines) is 1. The third kappa shape index (κ3) is 6.25.